The number of halogens is 2. The molecule has 1 aliphatic rings. The van der Waals surface area contributed by atoms with Gasteiger partial charge in [-0.05, 0) is 48.9 Å². The zero-order valence-corrected chi connectivity index (χ0v) is 9.31. The summed E-state index contributed by atoms with van der Waals surface area (Å²) in [5.41, 5.74) is 6.79. The van der Waals surface area contributed by atoms with E-state index in [2.05, 4.69) is 0 Å². The molecule has 1 fully saturated rings. The van der Waals surface area contributed by atoms with Crippen LogP contribution in [0.2, 0.25) is 0 Å². The van der Waals surface area contributed by atoms with Gasteiger partial charge in [-0.2, -0.15) is 0 Å². The molecular weight excluding hydrogens is 208 g/mol. The predicted molar refractivity (Wildman–Crippen MR) is 60.0 cm³/mol. The van der Waals surface area contributed by atoms with Crippen LogP contribution in [0.1, 0.15) is 31.2 Å². The largest absolute Gasteiger partial charge is 0.330 e. The van der Waals surface area contributed by atoms with E-state index in [0.29, 0.717) is 6.54 Å². The maximum absolute atomic E-state index is 13.1. The fourth-order valence-corrected chi connectivity index (χ4v) is 2.66. The van der Waals surface area contributed by atoms with E-state index in [4.69, 9.17) is 5.73 Å². The molecule has 1 aromatic carbocycles. The molecule has 0 amide bonds. The van der Waals surface area contributed by atoms with Crippen molar-refractivity contribution in [1.29, 1.82) is 0 Å². The third kappa shape index (κ3) is 2.24. The molecule has 16 heavy (non-hydrogen) atoms. The molecule has 0 aromatic heterocycles. The van der Waals surface area contributed by atoms with Crippen molar-refractivity contribution in [2.24, 2.45) is 11.1 Å². The van der Waals surface area contributed by atoms with Crippen molar-refractivity contribution in [2.75, 3.05) is 6.54 Å². The lowest BCUT2D eigenvalue weighted by atomic mass is 9.80. The van der Waals surface area contributed by atoms with E-state index >= 15 is 0 Å². The summed E-state index contributed by atoms with van der Waals surface area (Å²) >= 11 is 0. The first-order valence-corrected chi connectivity index (χ1v) is 5.79. The van der Waals surface area contributed by atoms with Gasteiger partial charge in [0.05, 0.1) is 0 Å². The number of hydrogen-bond donors (Lipinski definition) is 1. The lowest BCUT2D eigenvalue weighted by Gasteiger charge is -2.27. The fourth-order valence-electron chi connectivity index (χ4n) is 2.66. The Labute approximate surface area is 94.7 Å². The standard InChI is InChI=1S/C13H17F2N/c14-11-4-3-10(7-12(11)15)8-13(9-16)5-1-2-6-13/h3-4,7H,1-2,5-6,8-9,16H2. The maximum atomic E-state index is 13.1. The van der Waals surface area contributed by atoms with Crippen molar-refractivity contribution >= 4 is 0 Å². The number of rotatable bonds is 3. The lowest BCUT2D eigenvalue weighted by molar-refractivity contribution is 0.306. The van der Waals surface area contributed by atoms with Crippen molar-refractivity contribution in [2.45, 2.75) is 32.1 Å². The second-order valence-corrected chi connectivity index (χ2v) is 4.84. The van der Waals surface area contributed by atoms with Crippen LogP contribution in [0.4, 0.5) is 8.78 Å². The molecule has 3 heteroatoms. The molecule has 88 valence electrons. The quantitative estimate of drug-likeness (QED) is 0.840. The van der Waals surface area contributed by atoms with Crippen LogP contribution < -0.4 is 5.73 Å². The molecule has 0 atom stereocenters. The molecule has 0 bridgehead atoms. The summed E-state index contributed by atoms with van der Waals surface area (Å²) in [5.74, 6) is -1.54. The van der Waals surface area contributed by atoms with E-state index < -0.39 is 11.6 Å². The van der Waals surface area contributed by atoms with E-state index in [0.717, 1.165) is 24.8 Å². The molecule has 0 radical (unpaired) electrons. The Kier molecular flexibility index (Phi) is 3.24. The van der Waals surface area contributed by atoms with Gasteiger partial charge in [0.15, 0.2) is 11.6 Å². The molecule has 0 unspecified atom stereocenters. The minimum atomic E-state index is -0.781. The first-order chi connectivity index (χ1) is 7.65. The summed E-state index contributed by atoms with van der Waals surface area (Å²) in [7, 11) is 0. The summed E-state index contributed by atoms with van der Waals surface area (Å²) in [6, 6.07) is 4.16. The summed E-state index contributed by atoms with van der Waals surface area (Å²) in [6.07, 6.45) is 5.35. The molecular formula is C13H17F2N. The third-order valence-electron chi connectivity index (χ3n) is 3.66. The molecule has 0 heterocycles. The Hall–Kier alpha value is -0.960. The highest BCUT2D eigenvalue weighted by Gasteiger charge is 2.32. The van der Waals surface area contributed by atoms with Gasteiger partial charge in [-0.1, -0.05) is 18.9 Å². The first-order valence-electron chi connectivity index (χ1n) is 5.79. The van der Waals surface area contributed by atoms with Crippen molar-refractivity contribution in [3.8, 4) is 0 Å². The van der Waals surface area contributed by atoms with Gasteiger partial charge in [-0.25, -0.2) is 8.78 Å². The SMILES string of the molecule is NCC1(Cc2ccc(F)c(F)c2)CCCC1. The summed E-state index contributed by atoms with van der Waals surface area (Å²) < 4.78 is 25.9. The normalized spacial score (nSPS) is 18.9. The van der Waals surface area contributed by atoms with Crippen LogP contribution in [-0.4, -0.2) is 6.54 Å². The molecule has 2 N–H and O–H groups in total. The zero-order chi connectivity index (χ0) is 11.6. The van der Waals surface area contributed by atoms with Crippen molar-refractivity contribution in [3.63, 3.8) is 0 Å². The van der Waals surface area contributed by atoms with Gasteiger partial charge >= 0.3 is 0 Å². The summed E-state index contributed by atoms with van der Waals surface area (Å²) in [5, 5.41) is 0. The van der Waals surface area contributed by atoms with Gasteiger partial charge in [0.2, 0.25) is 0 Å². The predicted octanol–water partition coefficient (Wildman–Crippen LogP) is 3.03. The zero-order valence-electron chi connectivity index (χ0n) is 9.31. The number of nitrogens with two attached hydrogens (primary N) is 1. The van der Waals surface area contributed by atoms with E-state index in [1.165, 1.54) is 25.0 Å². The Bertz CT molecular complexity index is 370. The Morgan fingerprint density at radius 1 is 1.12 bits per heavy atom. The van der Waals surface area contributed by atoms with Crippen molar-refractivity contribution < 1.29 is 8.78 Å². The molecule has 1 saturated carbocycles. The van der Waals surface area contributed by atoms with Crippen LogP contribution in [0.25, 0.3) is 0 Å². The van der Waals surface area contributed by atoms with Gasteiger partial charge < -0.3 is 5.73 Å². The average Bonchev–Trinajstić information content (AvgIpc) is 2.73. The maximum Gasteiger partial charge on any atom is 0.159 e. The van der Waals surface area contributed by atoms with Crippen LogP contribution in [-0.2, 0) is 6.42 Å². The van der Waals surface area contributed by atoms with Crippen molar-refractivity contribution in [1.82, 2.24) is 0 Å². The topological polar surface area (TPSA) is 26.0 Å². The fraction of sp³-hybridized carbons (Fsp3) is 0.538. The monoisotopic (exact) mass is 225 g/mol. The molecule has 2 rings (SSSR count). The van der Waals surface area contributed by atoms with Crippen molar-refractivity contribution in [3.05, 3.63) is 35.4 Å². The molecule has 1 aromatic rings. The van der Waals surface area contributed by atoms with Gasteiger partial charge in [0.25, 0.3) is 0 Å². The molecule has 1 aliphatic carbocycles. The lowest BCUT2D eigenvalue weighted by Crippen LogP contribution is -2.29. The van der Waals surface area contributed by atoms with Crippen LogP contribution in [0, 0.1) is 17.0 Å². The molecule has 0 spiro atoms. The minimum absolute atomic E-state index is 0.115. The second-order valence-electron chi connectivity index (χ2n) is 4.84. The Balaban J connectivity index is 2.16. The van der Waals surface area contributed by atoms with Gasteiger partial charge in [0.1, 0.15) is 0 Å². The Morgan fingerprint density at radius 2 is 1.81 bits per heavy atom. The van der Waals surface area contributed by atoms with E-state index in [1.54, 1.807) is 6.07 Å². The second kappa shape index (κ2) is 4.50. The minimum Gasteiger partial charge on any atom is -0.330 e. The van der Waals surface area contributed by atoms with Crippen LogP contribution in [0.15, 0.2) is 18.2 Å². The highest BCUT2D eigenvalue weighted by Crippen LogP contribution is 2.40. The van der Waals surface area contributed by atoms with E-state index in [-0.39, 0.29) is 5.41 Å². The first kappa shape index (κ1) is 11.5. The summed E-state index contributed by atoms with van der Waals surface area (Å²) in [6.45, 7) is 0.631. The highest BCUT2D eigenvalue weighted by molar-refractivity contribution is 5.19. The van der Waals surface area contributed by atoms with E-state index in [9.17, 15) is 8.78 Å². The summed E-state index contributed by atoms with van der Waals surface area (Å²) in [4.78, 5) is 0. The molecule has 0 aliphatic heterocycles. The third-order valence-corrected chi connectivity index (χ3v) is 3.66. The number of hydrogen-bond acceptors (Lipinski definition) is 1. The van der Waals surface area contributed by atoms with Gasteiger partial charge in [-0.3, -0.25) is 0 Å². The molecule has 0 saturated heterocycles. The van der Waals surface area contributed by atoms with E-state index in [1.807, 2.05) is 0 Å². The van der Waals surface area contributed by atoms with Gasteiger partial charge in [0, 0.05) is 0 Å². The average molecular weight is 225 g/mol. The Morgan fingerprint density at radius 3 is 2.38 bits per heavy atom. The smallest absolute Gasteiger partial charge is 0.159 e. The van der Waals surface area contributed by atoms with Crippen LogP contribution in [0.5, 0.6) is 0 Å². The number of benzene rings is 1. The van der Waals surface area contributed by atoms with Gasteiger partial charge in [-0.15, -0.1) is 0 Å². The van der Waals surface area contributed by atoms with Crippen LogP contribution >= 0.6 is 0 Å². The molecule has 1 nitrogen and oxygen atoms in total. The highest BCUT2D eigenvalue weighted by atomic mass is 19.2. The van der Waals surface area contributed by atoms with Crippen LogP contribution in [0.3, 0.4) is 0 Å².